The second-order valence-electron chi connectivity index (χ2n) is 5.73. The lowest BCUT2D eigenvalue weighted by Crippen LogP contribution is -2.14. The summed E-state index contributed by atoms with van der Waals surface area (Å²) in [5.74, 6) is 2.02. The molecule has 2 aromatic rings. The zero-order valence-corrected chi connectivity index (χ0v) is 16.3. The molecular weight excluding hydrogens is 376 g/mol. The lowest BCUT2D eigenvalue weighted by molar-refractivity contribution is 0.102. The molecule has 0 unspecified atom stereocenters. The summed E-state index contributed by atoms with van der Waals surface area (Å²) >= 11 is 0. The first kappa shape index (κ1) is 19.9. The Morgan fingerprint density at radius 1 is 1.21 bits per heavy atom. The van der Waals surface area contributed by atoms with E-state index in [9.17, 15) is 4.79 Å². The van der Waals surface area contributed by atoms with Gasteiger partial charge in [-0.25, -0.2) is 9.98 Å². The van der Waals surface area contributed by atoms with Crippen LogP contribution >= 0.6 is 0 Å². The summed E-state index contributed by atoms with van der Waals surface area (Å²) < 4.78 is 21.4. The number of amides is 1. The monoisotopic (exact) mass is 396 g/mol. The SMILES string of the molecule is C=C/N=C1\COC(c2ccnc(NC(=O)c3cc(OC)c(OC)c(OC)c3)c2)=N1. The van der Waals surface area contributed by atoms with E-state index in [1.165, 1.54) is 27.5 Å². The van der Waals surface area contributed by atoms with Crippen molar-refractivity contribution in [2.75, 3.05) is 33.3 Å². The van der Waals surface area contributed by atoms with Crippen molar-refractivity contribution >= 4 is 23.5 Å². The van der Waals surface area contributed by atoms with Crippen LogP contribution in [0, 0.1) is 0 Å². The van der Waals surface area contributed by atoms with Gasteiger partial charge in [0.1, 0.15) is 12.4 Å². The van der Waals surface area contributed by atoms with E-state index in [2.05, 4.69) is 26.9 Å². The number of nitrogens with zero attached hydrogens (tertiary/aromatic N) is 3. The molecule has 29 heavy (non-hydrogen) atoms. The zero-order valence-electron chi connectivity index (χ0n) is 16.3. The first-order valence-electron chi connectivity index (χ1n) is 8.56. The fraction of sp³-hybridized carbons (Fsp3) is 0.200. The lowest BCUT2D eigenvalue weighted by atomic mass is 10.1. The summed E-state index contributed by atoms with van der Waals surface area (Å²) in [4.78, 5) is 25.2. The van der Waals surface area contributed by atoms with E-state index in [4.69, 9.17) is 18.9 Å². The molecule has 0 saturated heterocycles. The highest BCUT2D eigenvalue weighted by Gasteiger charge is 2.19. The summed E-state index contributed by atoms with van der Waals surface area (Å²) in [5, 5.41) is 2.74. The largest absolute Gasteiger partial charge is 0.493 e. The summed E-state index contributed by atoms with van der Waals surface area (Å²) in [7, 11) is 4.46. The maximum atomic E-state index is 12.7. The maximum Gasteiger partial charge on any atom is 0.257 e. The molecule has 0 saturated carbocycles. The van der Waals surface area contributed by atoms with Gasteiger partial charge in [-0.2, -0.15) is 4.99 Å². The minimum Gasteiger partial charge on any atom is -0.493 e. The fourth-order valence-electron chi connectivity index (χ4n) is 2.67. The highest BCUT2D eigenvalue weighted by atomic mass is 16.5. The molecule has 2 heterocycles. The Kier molecular flexibility index (Phi) is 6.08. The quantitative estimate of drug-likeness (QED) is 0.772. The lowest BCUT2D eigenvalue weighted by Gasteiger charge is -2.14. The van der Waals surface area contributed by atoms with Crippen molar-refractivity contribution in [3.8, 4) is 17.2 Å². The van der Waals surface area contributed by atoms with Crippen molar-refractivity contribution < 1.29 is 23.7 Å². The smallest absolute Gasteiger partial charge is 0.257 e. The average molecular weight is 396 g/mol. The number of hydrogen-bond acceptors (Lipinski definition) is 7. The third kappa shape index (κ3) is 4.34. The number of carbonyl (C=O) groups is 1. The molecule has 1 N–H and O–H groups in total. The third-order valence-corrected chi connectivity index (χ3v) is 3.98. The molecule has 0 aliphatic carbocycles. The van der Waals surface area contributed by atoms with Crippen molar-refractivity contribution in [2.45, 2.75) is 0 Å². The number of amidine groups is 1. The predicted molar refractivity (Wildman–Crippen MR) is 108 cm³/mol. The Bertz CT molecular complexity index is 975. The summed E-state index contributed by atoms with van der Waals surface area (Å²) in [5.41, 5.74) is 0.982. The van der Waals surface area contributed by atoms with Gasteiger partial charge >= 0.3 is 0 Å². The van der Waals surface area contributed by atoms with Crippen LogP contribution in [0.1, 0.15) is 15.9 Å². The molecule has 9 heteroatoms. The van der Waals surface area contributed by atoms with E-state index in [-0.39, 0.29) is 6.61 Å². The van der Waals surface area contributed by atoms with Crippen molar-refractivity contribution in [2.24, 2.45) is 9.98 Å². The number of hydrogen-bond donors (Lipinski definition) is 1. The molecule has 1 amide bonds. The van der Waals surface area contributed by atoms with E-state index in [1.54, 1.807) is 30.5 Å². The molecule has 1 aromatic heterocycles. The van der Waals surface area contributed by atoms with Gasteiger partial charge in [0.25, 0.3) is 5.91 Å². The van der Waals surface area contributed by atoms with Gasteiger partial charge in [-0.05, 0) is 24.3 Å². The van der Waals surface area contributed by atoms with Crippen LogP contribution in [0.4, 0.5) is 5.82 Å². The second kappa shape index (κ2) is 8.87. The zero-order chi connectivity index (χ0) is 20.8. The summed E-state index contributed by atoms with van der Waals surface area (Å²) in [6, 6.07) is 6.50. The summed E-state index contributed by atoms with van der Waals surface area (Å²) in [6.07, 6.45) is 2.95. The van der Waals surface area contributed by atoms with E-state index in [1.807, 2.05) is 0 Å². The highest BCUT2D eigenvalue weighted by Crippen LogP contribution is 2.38. The first-order valence-corrected chi connectivity index (χ1v) is 8.56. The van der Waals surface area contributed by atoms with Crippen LogP contribution in [-0.4, -0.2) is 50.6 Å². The number of methoxy groups -OCH3 is 3. The average Bonchev–Trinajstić information content (AvgIpc) is 3.21. The normalized spacial score (nSPS) is 14.0. The second-order valence-corrected chi connectivity index (χ2v) is 5.73. The number of ether oxygens (including phenoxy) is 4. The number of aliphatic imine (C=N–C) groups is 2. The molecule has 1 aromatic carbocycles. The topological polar surface area (TPSA) is 104 Å². The molecule has 1 aliphatic heterocycles. The van der Waals surface area contributed by atoms with Crippen LogP contribution in [-0.2, 0) is 4.74 Å². The maximum absolute atomic E-state index is 12.7. The van der Waals surface area contributed by atoms with Gasteiger partial charge in [-0.1, -0.05) is 6.58 Å². The minimum atomic E-state index is -0.392. The molecule has 9 nitrogen and oxygen atoms in total. The summed E-state index contributed by atoms with van der Waals surface area (Å²) in [6.45, 7) is 3.80. The highest BCUT2D eigenvalue weighted by molar-refractivity contribution is 6.09. The number of anilines is 1. The van der Waals surface area contributed by atoms with Crippen molar-refractivity contribution in [1.29, 1.82) is 0 Å². The van der Waals surface area contributed by atoms with Crippen LogP contribution in [0.2, 0.25) is 0 Å². The Balaban J connectivity index is 1.84. The van der Waals surface area contributed by atoms with Crippen molar-refractivity contribution in [3.63, 3.8) is 0 Å². The number of benzene rings is 1. The van der Waals surface area contributed by atoms with Crippen LogP contribution in [0.3, 0.4) is 0 Å². The van der Waals surface area contributed by atoms with E-state index in [0.717, 1.165) is 0 Å². The number of aromatic nitrogens is 1. The predicted octanol–water partition coefficient (Wildman–Crippen LogP) is 2.68. The molecule has 0 radical (unpaired) electrons. The molecule has 0 fully saturated rings. The van der Waals surface area contributed by atoms with Crippen molar-refractivity contribution in [1.82, 2.24) is 4.98 Å². The Hall–Kier alpha value is -3.88. The Morgan fingerprint density at radius 3 is 2.55 bits per heavy atom. The Morgan fingerprint density at radius 2 is 1.93 bits per heavy atom. The fourth-order valence-corrected chi connectivity index (χ4v) is 2.67. The van der Waals surface area contributed by atoms with Crippen molar-refractivity contribution in [3.05, 3.63) is 54.4 Å². The number of nitrogens with one attached hydrogen (secondary N) is 1. The van der Waals surface area contributed by atoms with Gasteiger partial charge in [0, 0.05) is 23.5 Å². The van der Waals surface area contributed by atoms with E-state index < -0.39 is 5.91 Å². The number of rotatable bonds is 7. The van der Waals surface area contributed by atoms with Gasteiger partial charge in [-0.15, -0.1) is 0 Å². The first-order chi connectivity index (χ1) is 14.1. The minimum absolute atomic E-state index is 0.261. The molecule has 0 atom stereocenters. The van der Waals surface area contributed by atoms with Crippen LogP contribution in [0.5, 0.6) is 17.2 Å². The standard InChI is InChI=1S/C20H20N4O5/c1-5-21-17-11-29-20(24-17)12-6-7-22-16(10-12)23-19(25)13-8-14(26-2)18(28-4)15(9-13)27-3/h5-10H,1,11H2,2-4H3,(H,22,23,25)/b21-17+. The van der Waals surface area contributed by atoms with Gasteiger partial charge in [0.15, 0.2) is 17.3 Å². The molecule has 0 spiro atoms. The van der Waals surface area contributed by atoms with E-state index >= 15 is 0 Å². The molecular formula is C20H20N4O5. The number of carbonyl (C=O) groups excluding carboxylic acids is 1. The van der Waals surface area contributed by atoms with Gasteiger partial charge < -0.3 is 24.3 Å². The van der Waals surface area contributed by atoms with Crippen LogP contribution < -0.4 is 19.5 Å². The molecule has 0 bridgehead atoms. The van der Waals surface area contributed by atoms with Crippen LogP contribution in [0.25, 0.3) is 0 Å². The van der Waals surface area contributed by atoms with Gasteiger partial charge in [0.2, 0.25) is 11.6 Å². The Labute approximate surface area is 167 Å². The molecule has 3 rings (SSSR count). The van der Waals surface area contributed by atoms with Gasteiger partial charge in [-0.3, -0.25) is 4.79 Å². The van der Waals surface area contributed by atoms with Crippen LogP contribution in [0.15, 0.2) is 53.2 Å². The molecule has 150 valence electrons. The number of pyridine rings is 1. The van der Waals surface area contributed by atoms with E-state index in [0.29, 0.717) is 45.9 Å². The molecule has 1 aliphatic rings. The van der Waals surface area contributed by atoms with Gasteiger partial charge in [0.05, 0.1) is 21.3 Å². The third-order valence-electron chi connectivity index (χ3n) is 3.98.